The molecule has 0 aliphatic heterocycles. The van der Waals surface area contributed by atoms with E-state index in [-0.39, 0.29) is 5.69 Å². The number of carboxylic acids is 1. The van der Waals surface area contributed by atoms with Gasteiger partial charge in [0.25, 0.3) is 0 Å². The minimum Gasteiger partial charge on any atom is -0.480 e. The van der Waals surface area contributed by atoms with Crippen LogP contribution in [0.1, 0.15) is 5.56 Å². The molecule has 1 aromatic rings. The Balaban J connectivity index is 2.90. The number of carboxylic acid groups (broad SMARTS) is 1. The van der Waals surface area contributed by atoms with Crippen LogP contribution in [-0.2, 0) is 9.59 Å². The van der Waals surface area contributed by atoms with Crippen LogP contribution in [0.25, 0.3) is 0 Å². The lowest BCUT2D eigenvalue weighted by Crippen LogP contribution is -2.43. The number of aliphatic carboxylic acids is 1. The fourth-order valence-electron chi connectivity index (χ4n) is 1.53. The summed E-state index contributed by atoms with van der Waals surface area (Å²) >= 11 is 0. The van der Waals surface area contributed by atoms with E-state index >= 15 is 0 Å². The fraction of sp³-hybridized carbons (Fsp3) is 0.250. The van der Waals surface area contributed by atoms with Crippen LogP contribution in [-0.4, -0.2) is 41.0 Å². The molecule has 0 bridgehead atoms. The zero-order valence-electron chi connectivity index (χ0n) is 10.7. The number of halogens is 1. The third-order valence-corrected chi connectivity index (χ3v) is 2.41. The van der Waals surface area contributed by atoms with Gasteiger partial charge in [-0.25, -0.2) is 9.18 Å². The lowest BCUT2D eigenvalue weighted by atomic mass is 10.2. The highest BCUT2D eigenvalue weighted by Crippen LogP contribution is 2.19. The van der Waals surface area contributed by atoms with Crippen LogP contribution >= 0.6 is 0 Å². The van der Waals surface area contributed by atoms with Gasteiger partial charge >= 0.3 is 12.0 Å². The fourth-order valence-corrected chi connectivity index (χ4v) is 1.53. The van der Waals surface area contributed by atoms with Gasteiger partial charge < -0.3 is 21.1 Å². The first-order chi connectivity index (χ1) is 9.31. The molecule has 8 heteroatoms. The van der Waals surface area contributed by atoms with Crippen LogP contribution in [0.15, 0.2) is 18.2 Å². The number of aryl methyl sites for hydroxylation is 1. The second kappa shape index (κ2) is 6.50. The molecule has 0 fully saturated rings. The van der Waals surface area contributed by atoms with Crippen molar-refractivity contribution in [2.75, 3.05) is 18.4 Å². The number of hydrogen-bond acceptors (Lipinski definition) is 3. The Labute approximate surface area is 114 Å². The number of benzene rings is 1. The van der Waals surface area contributed by atoms with Gasteiger partial charge in [-0.05, 0) is 18.6 Å². The van der Waals surface area contributed by atoms with Gasteiger partial charge in [-0.15, -0.1) is 0 Å². The highest BCUT2D eigenvalue weighted by atomic mass is 19.1. The Kier molecular flexibility index (Phi) is 5.01. The minimum atomic E-state index is -1.31. The molecule has 0 aliphatic carbocycles. The summed E-state index contributed by atoms with van der Waals surface area (Å²) in [7, 11) is 0. The minimum absolute atomic E-state index is 0.0719. The van der Waals surface area contributed by atoms with Crippen LogP contribution in [0.2, 0.25) is 0 Å². The summed E-state index contributed by atoms with van der Waals surface area (Å²) < 4.78 is 13.6. The summed E-state index contributed by atoms with van der Waals surface area (Å²) in [6, 6.07) is 3.28. The molecular formula is C12H14FN3O4. The van der Waals surface area contributed by atoms with Gasteiger partial charge in [0, 0.05) is 0 Å². The Morgan fingerprint density at radius 2 is 2.00 bits per heavy atom. The molecule has 0 saturated heterocycles. The molecule has 0 saturated carbocycles. The van der Waals surface area contributed by atoms with Crippen molar-refractivity contribution in [1.29, 1.82) is 0 Å². The molecular weight excluding hydrogens is 269 g/mol. The lowest BCUT2D eigenvalue weighted by Gasteiger charge is -2.20. The van der Waals surface area contributed by atoms with E-state index in [4.69, 9.17) is 10.8 Å². The van der Waals surface area contributed by atoms with E-state index in [1.165, 1.54) is 6.07 Å². The maximum absolute atomic E-state index is 13.6. The monoisotopic (exact) mass is 283 g/mol. The summed E-state index contributed by atoms with van der Waals surface area (Å²) in [6.45, 7) is 0.280. The largest absolute Gasteiger partial charge is 0.480 e. The molecule has 1 aromatic carbocycles. The van der Waals surface area contributed by atoms with E-state index in [0.717, 1.165) is 6.07 Å². The molecule has 7 nitrogen and oxygen atoms in total. The van der Waals surface area contributed by atoms with Crippen LogP contribution < -0.4 is 11.1 Å². The SMILES string of the molecule is Cc1cccc(F)c1NC(=O)N(CC(N)=O)CC(=O)O. The van der Waals surface area contributed by atoms with E-state index in [2.05, 4.69) is 5.32 Å². The van der Waals surface area contributed by atoms with E-state index in [0.29, 0.717) is 10.5 Å². The molecule has 0 atom stereocenters. The van der Waals surface area contributed by atoms with Crippen LogP contribution in [0.4, 0.5) is 14.9 Å². The number of nitrogens with zero attached hydrogens (tertiary/aromatic N) is 1. The maximum Gasteiger partial charge on any atom is 0.323 e. The van der Waals surface area contributed by atoms with Crippen molar-refractivity contribution in [3.8, 4) is 0 Å². The second-order valence-corrected chi connectivity index (χ2v) is 4.08. The average Bonchev–Trinajstić information content (AvgIpc) is 2.31. The van der Waals surface area contributed by atoms with E-state index in [1.54, 1.807) is 13.0 Å². The van der Waals surface area contributed by atoms with Gasteiger partial charge in [-0.2, -0.15) is 0 Å². The topological polar surface area (TPSA) is 113 Å². The van der Waals surface area contributed by atoms with Crippen LogP contribution in [0, 0.1) is 12.7 Å². The molecule has 4 N–H and O–H groups in total. The number of carbonyl (C=O) groups is 3. The number of amides is 3. The molecule has 1 rings (SSSR count). The van der Waals surface area contributed by atoms with Gasteiger partial charge in [-0.3, -0.25) is 9.59 Å². The van der Waals surface area contributed by atoms with Gasteiger partial charge in [-0.1, -0.05) is 12.1 Å². The van der Waals surface area contributed by atoms with Crippen molar-refractivity contribution in [3.63, 3.8) is 0 Å². The van der Waals surface area contributed by atoms with Crippen molar-refractivity contribution in [1.82, 2.24) is 4.90 Å². The van der Waals surface area contributed by atoms with Crippen LogP contribution in [0.3, 0.4) is 0 Å². The van der Waals surface area contributed by atoms with Gasteiger partial charge in [0.05, 0.1) is 5.69 Å². The number of para-hydroxylation sites is 1. The third kappa shape index (κ3) is 4.23. The molecule has 0 aromatic heterocycles. The summed E-state index contributed by atoms with van der Waals surface area (Å²) in [5.74, 6) is -2.84. The predicted molar refractivity (Wildman–Crippen MR) is 68.6 cm³/mol. The van der Waals surface area contributed by atoms with E-state index in [9.17, 15) is 18.8 Å². The summed E-state index contributed by atoms with van der Waals surface area (Å²) in [6.07, 6.45) is 0. The second-order valence-electron chi connectivity index (χ2n) is 4.08. The summed E-state index contributed by atoms with van der Waals surface area (Å²) in [4.78, 5) is 34.0. The normalized spacial score (nSPS) is 9.90. The van der Waals surface area contributed by atoms with E-state index in [1.807, 2.05) is 0 Å². The van der Waals surface area contributed by atoms with Crippen LogP contribution in [0.5, 0.6) is 0 Å². The van der Waals surface area contributed by atoms with Crippen molar-refractivity contribution in [3.05, 3.63) is 29.6 Å². The zero-order valence-corrected chi connectivity index (χ0v) is 10.7. The number of hydrogen-bond donors (Lipinski definition) is 3. The van der Waals surface area contributed by atoms with Gasteiger partial charge in [0.2, 0.25) is 5.91 Å². The Bertz CT molecular complexity index is 511. The van der Waals surface area contributed by atoms with Crippen molar-refractivity contribution >= 4 is 23.6 Å². The third-order valence-electron chi connectivity index (χ3n) is 2.41. The number of rotatable bonds is 5. The van der Waals surface area contributed by atoms with E-state index < -0.39 is 36.8 Å². The first-order valence-corrected chi connectivity index (χ1v) is 5.62. The molecule has 108 valence electrons. The zero-order chi connectivity index (χ0) is 15.3. The summed E-state index contributed by atoms with van der Waals surface area (Å²) in [5, 5.41) is 10.9. The Morgan fingerprint density at radius 1 is 1.35 bits per heavy atom. The standard InChI is InChI=1S/C12H14FN3O4/c1-7-3-2-4-8(13)11(7)15-12(20)16(5-9(14)17)6-10(18)19/h2-4H,5-6H2,1H3,(H2,14,17)(H,15,20)(H,18,19). The quantitative estimate of drug-likeness (QED) is 0.731. The summed E-state index contributed by atoms with van der Waals surface area (Å²) in [5.41, 5.74) is 5.33. The highest BCUT2D eigenvalue weighted by Gasteiger charge is 2.20. The number of carbonyl (C=O) groups excluding carboxylic acids is 2. The lowest BCUT2D eigenvalue weighted by molar-refractivity contribution is -0.137. The number of anilines is 1. The van der Waals surface area contributed by atoms with Gasteiger partial charge in [0.15, 0.2) is 0 Å². The molecule has 0 unspecified atom stereocenters. The molecule has 0 radical (unpaired) electrons. The molecule has 3 amide bonds. The number of urea groups is 1. The Morgan fingerprint density at radius 3 is 2.50 bits per heavy atom. The van der Waals surface area contributed by atoms with Crippen molar-refractivity contribution in [2.24, 2.45) is 5.73 Å². The number of primary amides is 1. The predicted octanol–water partition coefficient (Wildman–Crippen LogP) is 0.538. The van der Waals surface area contributed by atoms with Crippen molar-refractivity contribution < 1.29 is 23.9 Å². The van der Waals surface area contributed by atoms with Gasteiger partial charge in [0.1, 0.15) is 18.9 Å². The van der Waals surface area contributed by atoms with Crippen molar-refractivity contribution in [2.45, 2.75) is 6.92 Å². The molecule has 0 aliphatic rings. The Hall–Kier alpha value is -2.64. The average molecular weight is 283 g/mol. The smallest absolute Gasteiger partial charge is 0.323 e. The molecule has 20 heavy (non-hydrogen) atoms. The number of nitrogens with one attached hydrogen (secondary N) is 1. The molecule has 0 spiro atoms. The highest BCUT2D eigenvalue weighted by molar-refractivity contribution is 5.94. The maximum atomic E-state index is 13.6. The number of nitrogens with two attached hydrogens (primary N) is 1. The molecule has 0 heterocycles. The first kappa shape index (κ1) is 15.4. The first-order valence-electron chi connectivity index (χ1n) is 5.62.